The molecule has 0 atom stereocenters. The van der Waals surface area contributed by atoms with Gasteiger partial charge in [-0.15, -0.1) is 0 Å². The van der Waals surface area contributed by atoms with Crippen LogP contribution in [0.2, 0.25) is 0 Å². The molecule has 11 heteroatoms. The summed E-state index contributed by atoms with van der Waals surface area (Å²) >= 11 is 0. The van der Waals surface area contributed by atoms with Gasteiger partial charge in [0.15, 0.2) is 11.5 Å². The van der Waals surface area contributed by atoms with Crippen LogP contribution in [-0.4, -0.2) is 46.1 Å². The van der Waals surface area contributed by atoms with Gasteiger partial charge in [-0.1, -0.05) is 0 Å². The summed E-state index contributed by atoms with van der Waals surface area (Å²) in [4.78, 5) is 19.7. The number of hydrogen-bond acceptors (Lipinski definition) is 7. The number of pyridine rings is 1. The van der Waals surface area contributed by atoms with Crippen LogP contribution in [0, 0.1) is 6.92 Å². The summed E-state index contributed by atoms with van der Waals surface area (Å²) in [5.74, 6) is -0.446. The summed E-state index contributed by atoms with van der Waals surface area (Å²) in [5.41, 5.74) is 0.611. The van der Waals surface area contributed by atoms with Gasteiger partial charge in [-0.3, -0.25) is 9.29 Å². The first-order chi connectivity index (χ1) is 14.8. The molecule has 1 aromatic carbocycles. The Labute approximate surface area is 177 Å². The van der Waals surface area contributed by atoms with Gasteiger partial charge in [-0.05, 0) is 43.3 Å². The third kappa shape index (κ3) is 3.78. The number of fused-ring (bicyclic) bond motifs is 1. The van der Waals surface area contributed by atoms with Crippen LogP contribution in [0.4, 0.5) is 5.82 Å². The highest BCUT2D eigenvalue weighted by Gasteiger charge is 2.28. The van der Waals surface area contributed by atoms with E-state index in [1.807, 2.05) is 0 Å². The Bertz CT molecular complexity index is 1370. The molecule has 0 amide bonds. The first-order valence-electron chi connectivity index (χ1n) is 9.03. The average Bonchev–Trinajstić information content (AvgIpc) is 3.13. The molecular formula is C20H17N5O5S. The van der Waals surface area contributed by atoms with E-state index < -0.39 is 16.0 Å². The lowest BCUT2D eigenvalue weighted by Gasteiger charge is -2.21. The molecule has 0 aliphatic carbocycles. The molecule has 0 unspecified atom stereocenters. The van der Waals surface area contributed by atoms with E-state index >= 15 is 0 Å². The minimum absolute atomic E-state index is 0.0396. The predicted octanol–water partition coefficient (Wildman–Crippen LogP) is 2.75. The fourth-order valence-corrected chi connectivity index (χ4v) is 4.18. The van der Waals surface area contributed by atoms with Crippen molar-refractivity contribution in [3.63, 3.8) is 0 Å². The number of carboxylic acids is 1. The van der Waals surface area contributed by atoms with E-state index in [2.05, 4.69) is 15.1 Å². The SMILES string of the molecule is Cc1cc2ncc(C(=O)O)c(N(C)S(=O)(=O)c3ccc(Oc4ccncc4)cc3)n2n1. The number of carboxylic acid groups (broad SMARTS) is 1. The van der Waals surface area contributed by atoms with Crippen molar-refractivity contribution in [2.45, 2.75) is 11.8 Å². The van der Waals surface area contributed by atoms with Gasteiger partial charge in [0, 0.05) is 31.7 Å². The zero-order valence-corrected chi connectivity index (χ0v) is 17.3. The molecule has 1 N–H and O–H groups in total. The number of sulfonamides is 1. The molecule has 4 rings (SSSR count). The molecule has 0 radical (unpaired) electrons. The van der Waals surface area contributed by atoms with E-state index in [-0.39, 0.29) is 16.3 Å². The van der Waals surface area contributed by atoms with Crippen molar-refractivity contribution in [3.8, 4) is 11.5 Å². The molecule has 4 aromatic rings. The standard InChI is InChI=1S/C20H17N5O5S/c1-13-11-18-22-12-17(20(26)27)19(25(18)23-13)24(2)31(28,29)16-5-3-14(4-6-16)30-15-7-9-21-10-8-15/h3-12H,1-2H3,(H,26,27). The first kappa shape index (κ1) is 20.3. The van der Waals surface area contributed by atoms with Crippen LogP contribution in [-0.2, 0) is 10.0 Å². The lowest BCUT2D eigenvalue weighted by Crippen LogP contribution is -2.30. The average molecular weight is 439 g/mol. The molecule has 0 fully saturated rings. The Balaban J connectivity index is 1.72. The Kier molecular flexibility index (Phi) is 5.03. The summed E-state index contributed by atoms with van der Waals surface area (Å²) in [6, 6.07) is 10.8. The van der Waals surface area contributed by atoms with E-state index in [1.54, 1.807) is 37.5 Å². The number of benzene rings is 1. The third-order valence-corrected chi connectivity index (χ3v) is 6.24. The van der Waals surface area contributed by atoms with Crippen LogP contribution < -0.4 is 9.04 Å². The number of anilines is 1. The zero-order chi connectivity index (χ0) is 22.2. The molecule has 31 heavy (non-hydrogen) atoms. The van der Waals surface area contributed by atoms with Crippen molar-refractivity contribution < 1.29 is 23.1 Å². The topological polar surface area (TPSA) is 127 Å². The maximum absolute atomic E-state index is 13.2. The minimum Gasteiger partial charge on any atom is -0.477 e. The maximum Gasteiger partial charge on any atom is 0.341 e. The number of aryl methyl sites for hydroxylation is 1. The smallest absolute Gasteiger partial charge is 0.341 e. The van der Waals surface area contributed by atoms with E-state index in [0.717, 1.165) is 10.5 Å². The van der Waals surface area contributed by atoms with E-state index in [1.165, 1.54) is 35.8 Å². The van der Waals surface area contributed by atoms with Crippen molar-refractivity contribution in [1.82, 2.24) is 19.6 Å². The number of carbonyl (C=O) groups is 1. The van der Waals surface area contributed by atoms with Crippen molar-refractivity contribution in [2.24, 2.45) is 0 Å². The van der Waals surface area contributed by atoms with Gasteiger partial charge < -0.3 is 9.84 Å². The second-order valence-corrected chi connectivity index (χ2v) is 8.55. The summed E-state index contributed by atoms with van der Waals surface area (Å²) in [6.45, 7) is 1.70. The highest BCUT2D eigenvalue weighted by Crippen LogP contribution is 2.28. The predicted molar refractivity (Wildman–Crippen MR) is 111 cm³/mol. The van der Waals surface area contributed by atoms with Crippen LogP contribution in [0.15, 0.2) is 66.0 Å². The maximum atomic E-state index is 13.2. The van der Waals surface area contributed by atoms with Gasteiger partial charge in [0.25, 0.3) is 10.0 Å². The number of aromatic carboxylic acids is 1. The fraction of sp³-hybridized carbons (Fsp3) is 0.100. The molecule has 0 aliphatic rings. The molecule has 0 aliphatic heterocycles. The lowest BCUT2D eigenvalue weighted by atomic mass is 10.3. The molecule has 0 saturated heterocycles. The largest absolute Gasteiger partial charge is 0.477 e. The fourth-order valence-electron chi connectivity index (χ4n) is 2.98. The van der Waals surface area contributed by atoms with Crippen LogP contribution >= 0.6 is 0 Å². The molecule has 0 saturated carbocycles. The molecule has 3 aromatic heterocycles. The lowest BCUT2D eigenvalue weighted by molar-refractivity contribution is 0.0696. The molecular weight excluding hydrogens is 422 g/mol. The molecule has 0 spiro atoms. The Morgan fingerprint density at radius 2 is 1.74 bits per heavy atom. The zero-order valence-electron chi connectivity index (χ0n) is 16.5. The minimum atomic E-state index is -4.10. The van der Waals surface area contributed by atoms with Crippen LogP contribution in [0.3, 0.4) is 0 Å². The van der Waals surface area contributed by atoms with Gasteiger partial charge in [-0.25, -0.2) is 18.2 Å². The molecule has 0 bridgehead atoms. The van der Waals surface area contributed by atoms with E-state index in [9.17, 15) is 18.3 Å². The first-order valence-corrected chi connectivity index (χ1v) is 10.5. The van der Waals surface area contributed by atoms with E-state index in [0.29, 0.717) is 22.8 Å². The number of ether oxygens (including phenoxy) is 1. The highest BCUT2D eigenvalue weighted by atomic mass is 32.2. The van der Waals surface area contributed by atoms with Crippen molar-refractivity contribution in [2.75, 3.05) is 11.4 Å². The Hall–Kier alpha value is -3.99. The summed E-state index contributed by atoms with van der Waals surface area (Å²) in [5, 5.41) is 13.8. The summed E-state index contributed by atoms with van der Waals surface area (Å²) < 4.78 is 34.2. The number of rotatable bonds is 6. The quantitative estimate of drug-likeness (QED) is 0.486. The van der Waals surface area contributed by atoms with Gasteiger partial charge in [-0.2, -0.15) is 9.61 Å². The number of aromatic nitrogens is 4. The van der Waals surface area contributed by atoms with Crippen molar-refractivity contribution >= 4 is 27.5 Å². The highest BCUT2D eigenvalue weighted by molar-refractivity contribution is 7.92. The van der Waals surface area contributed by atoms with Gasteiger partial charge >= 0.3 is 5.97 Å². The van der Waals surface area contributed by atoms with Crippen molar-refractivity contribution in [3.05, 3.63) is 72.3 Å². The number of nitrogens with zero attached hydrogens (tertiary/aromatic N) is 5. The van der Waals surface area contributed by atoms with Gasteiger partial charge in [0.1, 0.15) is 17.1 Å². The van der Waals surface area contributed by atoms with Gasteiger partial charge in [0.05, 0.1) is 10.6 Å². The third-order valence-electron chi connectivity index (χ3n) is 4.48. The van der Waals surface area contributed by atoms with Crippen molar-refractivity contribution in [1.29, 1.82) is 0 Å². The van der Waals surface area contributed by atoms with Crippen LogP contribution in [0.25, 0.3) is 5.65 Å². The normalized spacial score (nSPS) is 11.4. The number of hydrogen-bond donors (Lipinski definition) is 1. The second kappa shape index (κ2) is 7.69. The molecule has 158 valence electrons. The van der Waals surface area contributed by atoms with Crippen LogP contribution in [0.5, 0.6) is 11.5 Å². The summed E-state index contributed by atoms with van der Waals surface area (Å²) in [7, 11) is -2.83. The molecule has 10 nitrogen and oxygen atoms in total. The molecule has 3 heterocycles. The van der Waals surface area contributed by atoms with Gasteiger partial charge in [0.2, 0.25) is 0 Å². The second-order valence-electron chi connectivity index (χ2n) is 6.59. The van der Waals surface area contributed by atoms with E-state index in [4.69, 9.17) is 4.74 Å². The van der Waals surface area contributed by atoms with Crippen LogP contribution in [0.1, 0.15) is 16.1 Å². The Morgan fingerprint density at radius 1 is 1.10 bits per heavy atom. The Morgan fingerprint density at radius 3 is 2.39 bits per heavy atom. The summed E-state index contributed by atoms with van der Waals surface area (Å²) in [6.07, 6.45) is 4.27. The monoisotopic (exact) mass is 439 g/mol.